The summed E-state index contributed by atoms with van der Waals surface area (Å²) in [4.78, 5) is 24.2. The maximum atomic E-state index is 12.0. The molecule has 0 bridgehead atoms. The van der Waals surface area contributed by atoms with Gasteiger partial charge in [-0.3, -0.25) is 4.79 Å². The quantitative estimate of drug-likeness (QED) is 0.551. The minimum Gasteiger partial charge on any atom is -0.480 e. The first-order chi connectivity index (χ1) is 7.59. The van der Waals surface area contributed by atoms with E-state index in [1.54, 1.807) is 0 Å². The van der Waals surface area contributed by atoms with E-state index in [0.29, 0.717) is 0 Å². The number of amides is 1. The fourth-order valence-electron chi connectivity index (χ4n) is 2.39. The summed E-state index contributed by atoms with van der Waals surface area (Å²) in [5, 5.41) is 21.4. The first kappa shape index (κ1) is 11.3. The molecule has 90 valence electrons. The number of nitrogens with zero attached hydrogens (tertiary/aromatic N) is 1. The Bertz CT molecular complexity index is 301. The van der Waals surface area contributed by atoms with Crippen LogP contribution in [0.1, 0.15) is 19.3 Å². The number of carboxylic acids is 1. The second-order valence-corrected chi connectivity index (χ2v) is 4.38. The minimum atomic E-state index is -1.04. The third-order valence-corrected chi connectivity index (χ3v) is 3.21. The maximum Gasteiger partial charge on any atom is 0.326 e. The van der Waals surface area contributed by atoms with Gasteiger partial charge in [-0.2, -0.15) is 0 Å². The van der Waals surface area contributed by atoms with Gasteiger partial charge in [0.15, 0.2) is 0 Å². The van der Waals surface area contributed by atoms with Crippen LogP contribution in [0.2, 0.25) is 0 Å². The van der Waals surface area contributed by atoms with Crippen LogP contribution in [0.3, 0.4) is 0 Å². The van der Waals surface area contributed by atoms with Crippen molar-refractivity contribution in [1.82, 2.24) is 10.2 Å². The smallest absolute Gasteiger partial charge is 0.326 e. The van der Waals surface area contributed by atoms with E-state index in [1.807, 2.05) is 0 Å². The molecule has 2 aliphatic heterocycles. The third-order valence-electron chi connectivity index (χ3n) is 3.21. The van der Waals surface area contributed by atoms with Crippen molar-refractivity contribution in [1.29, 1.82) is 0 Å². The molecule has 2 heterocycles. The topological polar surface area (TPSA) is 89.9 Å². The van der Waals surface area contributed by atoms with Gasteiger partial charge in [-0.25, -0.2) is 4.79 Å². The molecule has 0 aromatic heterocycles. The van der Waals surface area contributed by atoms with Crippen molar-refractivity contribution in [3.63, 3.8) is 0 Å². The van der Waals surface area contributed by atoms with Crippen LogP contribution in [-0.2, 0) is 9.59 Å². The normalized spacial score (nSPS) is 34.3. The van der Waals surface area contributed by atoms with Gasteiger partial charge in [0.2, 0.25) is 5.91 Å². The van der Waals surface area contributed by atoms with Crippen LogP contribution in [-0.4, -0.2) is 58.3 Å². The van der Waals surface area contributed by atoms with E-state index >= 15 is 0 Å². The molecule has 2 fully saturated rings. The number of carboxylic acid groups (broad SMARTS) is 1. The number of β-amino-alcohol motifs (C(OH)–C–C–N with tert-alkyl or cyclic N) is 1. The lowest BCUT2D eigenvalue weighted by atomic mass is 10.1. The van der Waals surface area contributed by atoms with E-state index in [-0.39, 0.29) is 24.9 Å². The van der Waals surface area contributed by atoms with Crippen molar-refractivity contribution in [3.8, 4) is 0 Å². The summed E-state index contributed by atoms with van der Waals surface area (Å²) in [7, 11) is 0. The summed E-state index contributed by atoms with van der Waals surface area (Å²) >= 11 is 0. The van der Waals surface area contributed by atoms with Gasteiger partial charge in [0.05, 0.1) is 12.1 Å². The molecule has 3 atom stereocenters. The highest BCUT2D eigenvalue weighted by molar-refractivity contribution is 5.87. The second kappa shape index (κ2) is 4.39. The highest BCUT2D eigenvalue weighted by Gasteiger charge is 2.41. The molecule has 1 amide bonds. The molecule has 0 aliphatic carbocycles. The average Bonchev–Trinajstić information content (AvgIpc) is 2.84. The molecular formula is C10H16N2O4. The van der Waals surface area contributed by atoms with Gasteiger partial charge >= 0.3 is 5.97 Å². The Morgan fingerprint density at radius 3 is 2.69 bits per heavy atom. The van der Waals surface area contributed by atoms with Crippen LogP contribution in [0.25, 0.3) is 0 Å². The van der Waals surface area contributed by atoms with Crippen molar-refractivity contribution in [2.75, 3.05) is 13.1 Å². The number of hydrogen-bond acceptors (Lipinski definition) is 4. The van der Waals surface area contributed by atoms with Crippen molar-refractivity contribution < 1.29 is 19.8 Å². The van der Waals surface area contributed by atoms with Gasteiger partial charge in [0.1, 0.15) is 6.04 Å². The third kappa shape index (κ3) is 2.03. The maximum absolute atomic E-state index is 12.0. The molecule has 0 spiro atoms. The van der Waals surface area contributed by atoms with Crippen LogP contribution in [0.5, 0.6) is 0 Å². The predicted octanol–water partition coefficient (Wildman–Crippen LogP) is -1.22. The molecule has 0 aromatic rings. The largest absolute Gasteiger partial charge is 0.480 e. The van der Waals surface area contributed by atoms with E-state index in [9.17, 15) is 14.7 Å². The van der Waals surface area contributed by atoms with Crippen LogP contribution in [0.4, 0.5) is 0 Å². The van der Waals surface area contributed by atoms with E-state index in [4.69, 9.17) is 5.11 Å². The molecule has 0 saturated carbocycles. The number of carbonyl (C=O) groups is 2. The number of carbonyl (C=O) groups excluding carboxylic acids is 1. The monoisotopic (exact) mass is 228 g/mol. The van der Waals surface area contributed by atoms with Gasteiger partial charge in [-0.05, 0) is 19.4 Å². The number of likely N-dealkylation sites (tertiary alicyclic amines) is 1. The summed E-state index contributed by atoms with van der Waals surface area (Å²) in [6.45, 7) is 0.929. The Hall–Kier alpha value is -1.14. The van der Waals surface area contributed by atoms with Gasteiger partial charge in [-0.1, -0.05) is 0 Å². The summed E-state index contributed by atoms with van der Waals surface area (Å²) < 4.78 is 0. The average molecular weight is 228 g/mol. The zero-order chi connectivity index (χ0) is 11.7. The molecule has 0 radical (unpaired) electrons. The molecule has 0 aromatic carbocycles. The van der Waals surface area contributed by atoms with Crippen LogP contribution >= 0.6 is 0 Å². The second-order valence-electron chi connectivity index (χ2n) is 4.38. The van der Waals surface area contributed by atoms with Gasteiger partial charge in [-0.15, -0.1) is 0 Å². The lowest BCUT2D eigenvalue weighted by Gasteiger charge is -2.24. The van der Waals surface area contributed by atoms with Crippen molar-refractivity contribution in [3.05, 3.63) is 0 Å². The van der Waals surface area contributed by atoms with Crippen LogP contribution in [0.15, 0.2) is 0 Å². The molecule has 3 N–H and O–H groups in total. The highest BCUT2D eigenvalue weighted by Crippen LogP contribution is 2.21. The summed E-state index contributed by atoms with van der Waals surface area (Å²) in [6.07, 6.45) is 1.10. The molecular weight excluding hydrogens is 212 g/mol. The van der Waals surface area contributed by atoms with E-state index in [1.165, 1.54) is 4.90 Å². The van der Waals surface area contributed by atoms with Crippen molar-refractivity contribution >= 4 is 11.9 Å². The number of nitrogens with one attached hydrogen (secondary N) is 1. The standard InChI is InChI=1S/C10H16N2O4/c13-6-4-8(10(15)16)12(5-6)9(14)7-2-1-3-11-7/h6-8,11,13H,1-5H2,(H,15,16)/t6-,7-,8+/m0/s1. The molecule has 6 nitrogen and oxygen atoms in total. The first-order valence-electron chi connectivity index (χ1n) is 5.54. The Morgan fingerprint density at radius 2 is 2.12 bits per heavy atom. The number of aliphatic hydroxyl groups excluding tert-OH is 1. The molecule has 0 unspecified atom stereocenters. The Morgan fingerprint density at radius 1 is 1.38 bits per heavy atom. The SMILES string of the molecule is O=C(O)[C@H]1C[C@H](O)CN1C(=O)[C@@H]1CCCN1. The van der Waals surface area contributed by atoms with Gasteiger partial charge in [0, 0.05) is 13.0 Å². The molecule has 2 aliphatic rings. The van der Waals surface area contributed by atoms with Crippen molar-refractivity contribution in [2.24, 2.45) is 0 Å². The molecule has 16 heavy (non-hydrogen) atoms. The Kier molecular flexibility index (Phi) is 3.11. The van der Waals surface area contributed by atoms with E-state index in [0.717, 1.165) is 19.4 Å². The Balaban J connectivity index is 2.06. The summed E-state index contributed by atoms with van der Waals surface area (Å²) in [5.41, 5.74) is 0. The summed E-state index contributed by atoms with van der Waals surface area (Å²) in [6, 6.07) is -1.14. The van der Waals surface area contributed by atoms with Crippen molar-refractivity contribution in [2.45, 2.75) is 37.5 Å². The molecule has 2 rings (SSSR count). The molecule has 2 saturated heterocycles. The van der Waals surface area contributed by atoms with E-state index < -0.39 is 18.1 Å². The van der Waals surface area contributed by atoms with Crippen LogP contribution in [0, 0.1) is 0 Å². The number of aliphatic hydroxyl groups is 1. The predicted molar refractivity (Wildman–Crippen MR) is 54.8 cm³/mol. The van der Waals surface area contributed by atoms with E-state index in [2.05, 4.69) is 5.32 Å². The van der Waals surface area contributed by atoms with Gasteiger partial charge in [0.25, 0.3) is 0 Å². The van der Waals surface area contributed by atoms with Gasteiger partial charge < -0.3 is 20.4 Å². The fourth-order valence-corrected chi connectivity index (χ4v) is 2.39. The summed E-state index contributed by atoms with van der Waals surface area (Å²) in [5.74, 6) is -1.23. The lowest BCUT2D eigenvalue weighted by molar-refractivity contribution is -0.148. The highest BCUT2D eigenvalue weighted by atomic mass is 16.4. The first-order valence-corrected chi connectivity index (χ1v) is 5.54. The number of rotatable bonds is 2. The fraction of sp³-hybridized carbons (Fsp3) is 0.800. The zero-order valence-corrected chi connectivity index (χ0v) is 8.93. The number of aliphatic carboxylic acids is 1. The van der Waals surface area contributed by atoms with Crippen LogP contribution < -0.4 is 5.32 Å². The lowest BCUT2D eigenvalue weighted by Crippen LogP contribution is -2.48. The molecule has 6 heteroatoms. The Labute approximate surface area is 93.2 Å². The minimum absolute atomic E-state index is 0.133. The zero-order valence-electron chi connectivity index (χ0n) is 8.93. The number of hydrogen-bond donors (Lipinski definition) is 3.